The van der Waals surface area contributed by atoms with Crippen molar-refractivity contribution in [1.82, 2.24) is 15.0 Å². The van der Waals surface area contributed by atoms with Crippen LogP contribution in [-0.4, -0.2) is 61.7 Å². The number of fused-ring (bicyclic) bond motifs is 1. The lowest BCUT2D eigenvalue weighted by molar-refractivity contribution is 0.0305. The molecule has 2 aromatic heterocycles. The Morgan fingerprint density at radius 3 is 2.95 bits per heavy atom. The number of rotatable bonds is 2. The molecule has 102 valence electrons. The summed E-state index contributed by atoms with van der Waals surface area (Å²) in [5, 5.41) is 28.8. The normalized spacial score (nSPS) is 27.3. The Labute approximate surface area is 107 Å². The van der Waals surface area contributed by atoms with Gasteiger partial charge in [0.1, 0.15) is 17.1 Å². The van der Waals surface area contributed by atoms with Crippen LogP contribution in [0.5, 0.6) is 0 Å². The van der Waals surface area contributed by atoms with Crippen LogP contribution in [0.1, 0.15) is 0 Å². The number of aromatic nitrogens is 3. The van der Waals surface area contributed by atoms with E-state index in [9.17, 15) is 20.1 Å². The molecule has 0 amide bonds. The number of aromatic amines is 2. The topological polar surface area (TPSA) is 125 Å². The van der Waals surface area contributed by atoms with Gasteiger partial charge in [0.25, 0.3) is 5.56 Å². The summed E-state index contributed by atoms with van der Waals surface area (Å²) < 4.78 is 0. The number of hydrogen-bond acceptors (Lipinski definition) is 6. The van der Waals surface area contributed by atoms with E-state index in [1.54, 1.807) is 11.1 Å². The van der Waals surface area contributed by atoms with Crippen molar-refractivity contribution in [2.24, 2.45) is 0 Å². The molecule has 1 aliphatic heterocycles. The zero-order chi connectivity index (χ0) is 13.6. The number of aliphatic hydroxyl groups is 3. The van der Waals surface area contributed by atoms with Crippen molar-refractivity contribution in [2.75, 3.05) is 18.1 Å². The van der Waals surface area contributed by atoms with Gasteiger partial charge in [-0.05, 0) is 0 Å². The summed E-state index contributed by atoms with van der Waals surface area (Å²) in [6.07, 6.45) is 0.903. The molecule has 1 fully saturated rings. The first-order valence-corrected chi connectivity index (χ1v) is 5.92. The fraction of sp³-hybridized carbons (Fsp3) is 0.455. The largest absolute Gasteiger partial charge is 0.394 e. The highest BCUT2D eigenvalue weighted by molar-refractivity contribution is 5.88. The summed E-state index contributed by atoms with van der Waals surface area (Å²) in [5.41, 5.74) is 1.06. The molecule has 3 atom stereocenters. The molecule has 2 aromatic rings. The molecule has 0 aliphatic carbocycles. The lowest BCUT2D eigenvalue weighted by atomic mass is 10.1. The van der Waals surface area contributed by atoms with E-state index in [1.165, 1.54) is 6.33 Å². The third kappa shape index (κ3) is 1.72. The van der Waals surface area contributed by atoms with Gasteiger partial charge < -0.3 is 30.2 Å². The zero-order valence-corrected chi connectivity index (χ0v) is 9.95. The molecule has 5 N–H and O–H groups in total. The zero-order valence-electron chi connectivity index (χ0n) is 9.95. The Morgan fingerprint density at radius 1 is 1.42 bits per heavy atom. The van der Waals surface area contributed by atoms with Gasteiger partial charge in [0.15, 0.2) is 0 Å². The molecule has 0 spiro atoms. The number of aliphatic hydroxyl groups excluding tert-OH is 3. The molecule has 1 saturated heterocycles. The van der Waals surface area contributed by atoms with E-state index in [4.69, 9.17) is 0 Å². The van der Waals surface area contributed by atoms with Gasteiger partial charge in [0.2, 0.25) is 0 Å². The molecular formula is C11H14N4O4. The lowest BCUT2D eigenvalue weighted by Gasteiger charge is -2.24. The number of β-amino-alcohol motifs (C(OH)–C–C–N with tert-alkyl or cyclic N) is 1. The summed E-state index contributed by atoms with van der Waals surface area (Å²) in [6, 6.07) is -0.616. The molecule has 3 heterocycles. The van der Waals surface area contributed by atoms with Gasteiger partial charge >= 0.3 is 0 Å². The summed E-state index contributed by atoms with van der Waals surface area (Å²) >= 11 is 0. The van der Waals surface area contributed by atoms with Crippen LogP contribution in [0.3, 0.4) is 0 Å². The highest BCUT2D eigenvalue weighted by atomic mass is 16.3. The van der Waals surface area contributed by atoms with E-state index >= 15 is 0 Å². The minimum Gasteiger partial charge on any atom is -0.394 e. The molecule has 8 heteroatoms. The van der Waals surface area contributed by atoms with Crippen molar-refractivity contribution in [2.45, 2.75) is 18.2 Å². The minimum absolute atomic E-state index is 0.174. The smallest absolute Gasteiger partial charge is 0.275 e. The van der Waals surface area contributed by atoms with E-state index in [1.807, 2.05) is 0 Å². The second-order valence-corrected chi connectivity index (χ2v) is 4.59. The SMILES string of the molecule is O=c1[nH]cnc2c(N3C[C@H](O)[C@H](O)[C@H]3CO)c[nH]c12. The molecule has 8 nitrogen and oxygen atoms in total. The maximum atomic E-state index is 11.6. The van der Waals surface area contributed by atoms with Crippen LogP contribution in [0.25, 0.3) is 11.0 Å². The predicted molar refractivity (Wildman–Crippen MR) is 66.9 cm³/mol. The van der Waals surface area contributed by atoms with Crippen molar-refractivity contribution in [3.05, 3.63) is 22.9 Å². The lowest BCUT2D eigenvalue weighted by Crippen LogP contribution is -2.39. The molecule has 0 radical (unpaired) electrons. The molecule has 0 aromatic carbocycles. The van der Waals surface area contributed by atoms with E-state index in [2.05, 4.69) is 15.0 Å². The maximum Gasteiger partial charge on any atom is 0.275 e. The molecule has 0 saturated carbocycles. The molecule has 19 heavy (non-hydrogen) atoms. The van der Waals surface area contributed by atoms with E-state index < -0.39 is 18.2 Å². The fourth-order valence-corrected chi connectivity index (χ4v) is 2.52. The average Bonchev–Trinajstić information content (AvgIpc) is 2.93. The molecule has 3 rings (SSSR count). The van der Waals surface area contributed by atoms with Crippen LogP contribution in [0, 0.1) is 0 Å². The second-order valence-electron chi connectivity index (χ2n) is 4.59. The van der Waals surface area contributed by atoms with Crippen molar-refractivity contribution >= 4 is 16.7 Å². The molecule has 0 bridgehead atoms. The van der Waals surface area contributed by atoms with Crippen molar-refractivity contribution in [1.29, 1.82) is 0 Å². The molecular weight excluding hydrogens is 252 g/mol. The van der Waals surface area contributed by atoms with Crippen LogP contribution in [0.2, 0.25) is 0 Å². The third-order valence-corrected chi connectivity index (χ3v) is 3.52. The van der Waals surface area contributed by atoms with Crippen LogP contribution >= 0.6 is 0 Å². The van der Waals surface area contributed by atoms with E-state index in [0.717, 1.165) is 0 Å². The monoisotopic (exact) mass is 266 g/mol. The number of H-pyrrole nitrogens is 2. The van der Waals surface area contributed by atoms with Gasteiger partial charge in [-0.3, -0.25) is 4.79 Å². The van der Waals surface area contributed by atoms with Gasteiger partial charge in [-0.2, -0.15) is 0 Å². The van der Waals surface area contributed by atoms with Crippen molar-refractivity contribution in [3.63, 3.8) is 0 Å². The number of anilines is 1. The van der Waals surface area contributed by atoms with Gasteiger partial charge in [-0.25, -0.2) is 4.98 Å². The Hall–Kier alpha value is -1.90. The first-order valence-electron chi connectivity index (χ1n) is 5.92. The third-order valence-electron chi connectivity index (χ3n) is 3.52. The Balaban J connectivity index is 2.10. The van der Waals surface area contributed by atoms with Crippen molar-refractivity contribution in [3.8, 4) is 0 Å². The minimum atomic E-state index is -1.03. The van der Waals surface area contributed by atoms with E-state index in [-0.39, 0.29) is 18.7 Å². The second kappa shape index (κ2) is 4.34. The van der Waals surface area contributed by atoms with Crippen LogP contribution in [0.4, 0.5) is 5.69 Å². The molecule has 0 unspecified atom stereocenters. The number of nitrogens with one attached hydrogen (secondary N) is 2. The van der Waals surface area contributed by atoms with Gasteiger partial charge in [-0.1, -0.05) is 0 Å². The highest BCUT2D eigenvalue weighted by Crippen LogP contribution is 2.30. The number of nitrogens with zero attached hydrogens (tertiary/aromatic N) is 2. The van der Waals surface area contributed by atoms with Gasteiger partial charge in [0.05, 0.1) is 30.8 Å². The Morgan fingerprint density at radius 2 is 2.21 bits per heavy atom. The summed E-state index contributed by atoms with van der Waals surface area (Å²) in [4.78, 5) is 22.6. The average molecular weight is 266 g/mol. The number of hydrogen-bond donors (Lipinski definition) is 5. The summed E-state index contributed by atoms with van der Waals surface area (Å²) in [5.74, 6) is 0. The Bertz CT molecular complexity index is 651. The predicted octanol–water partition coefficient (Wildman–Crippen LogP) is -1.85. The maximum absolute atomic E-state index is 11.6. The van der Waals surface area contributed by atoms with E-state index in [0.29, 0.717) is 16.7 Å². The van der Waals surface area contributed by atoms with Crippen LogP contribution < -0.4 is 10.5 Å². The van der Waals surface area contributed by atoms with Gasteiger partial charge in [0, 0.05) is 12.7 Å². The van der Waals surface area contributed by atoms with Crippen LogP contribution in [0.15, 0.2) is 17.3 Å². The fourth-order valence-electron chi connectivity index (χ4n) is 2.52. The molecule has 1 aliphatic rings. The standard InChI is InChI=1S/C11H14N4O4/c16-3-6-10(18)7(17)2-15(6)5-1-12-9-8(5)13-4-14-11(9)19/h1,4,6-7,10,12,16-18H,2-3H2,(H,13,14,19)/t6-,7+,10-/m1/s1. The van der Waals surface area contributed by atoms with Gasteiger partial charge in [-0.15, -0.1) is 0 Å². The first kappa shape index (κ1) is 12.2. The Kier molecular flexibility index (Phi) is 2.77. The summed E-state index contributed by atoms with van der Waals surface area (Å²) in [6.45, 7) is -0.123. The highest BCUT2D eigenvalue weighted by Gasteiger charge is 2.40. The quantitative estimate of drug-likeness (QED) is 0.434. The first-order chi connectivity index (χ1) is 9.13. The summed E-state index contributed by atoms with van der Waals surface area (Å²) in [7, 11) is 0. The van der Waals surface area contributed by atoms with Crippen molar-refractivity contribution < 1.29 is 15.3 Å². The van der Waals surface area contributed by atoms with Crippen LogP contribution in [-0.2, 0) is 0 Å².